The lowest BCUT2D eigenvalue weighted by molar-refractivity contribution is 0.218. The zero-order chi connectivity index (χ0) is 11.3. The molecule has 1 rings (SSSR count). The topological polar surface area (TPSA) is 49.7 Å². The fourth-order valence-electron chi connectivity index (χ4n) is 1.28. The minimum Gasteiger partial charge on any atom is -0.395 e. The van der Waals surface area contributed by atoms with Crippen LogP contribution in [0.4, 0.5) is 0 Å². The number of benzene rings is 1. The molecule has 0 heterocycles. The van der Waals surface area contributed by atoms with Crippen LogP contribution in [-0.2, 0) is 16.8 Å². The molecule has 0 fully saturated rings. The standard InChI is InChI=1S/C12H15NO2/c1-12(2,8-14)11-5-3-10(4-6-11)7-13-9-15/h3-6,14H,7-8H2,1-2H3. The first-order valence-corrected chi connectivity index (χ1v) is 4.84. The van der Waals surface area contributed by atoms with E-state index in [0.717, 1.165) is 11.1 Å². The Balaban J connectivity index is 2.85. The van der Waals surface area contributed by atoms with Gasteiger partial charge in [-0.3, -0.25) is 0 Å². The number of hydrogen-bond donors (Lipinski definition) is 1. The molecular formula is C12H15NO2. The molecule has 1 N–H and O–H groups in total. The van der Waals surface area contributed by atoms with Crippen molar-refractivity contribution in [1.82, 2.24) is 0 Å². The fourth-order valence-corrected chi connectivity index (χ4v) is 1.28. The number of hydrogen-bond acceptors (Lipinski definition) is 3. The van der Waals surface area contributed by atoms with Gasteiger partial charge in [0.25, 0.3) is 0 Å². The normalized spacial score (nSPS) is 10.9. The predicted molar refractivity (Wildman–Crippen MR) is 58.4 cm³/mol. The smallest absolute Gasteiger partial charge is 0.235 e. The molecule has 15 heavy (non-hydrogen) atoms. The van der Waals surface area contributed by atoms with Crippen molar-refractivity contribution in [1.29, 1.82) is 0 Å². The summed E-state index contributed by atoms with van der Waals surface area (Å²) in [6, 6.07) is 7.72. The minimum atomic E-state index is -0.230. The molecule has 0 spiro atoms. The number of aliphatic hydroxyl groups excluding tert-OH is 1. The molecule has 80 valence electrons. The Labute approximate surface area is 89.5 Å². The van der Waals surface area contributed by atoms with Crippen molar-refractivity contribution < 1.29 is 9.90 Å². The van der Waals surface area contributed by atoms with Crippen molar-refractivity contribution in [3.63, 3.8) is 0 Å². The lowest BCUT2D eigenvalue weighted by atomic mass is 9.85. The van der Waals surface area contributed by atoms with Crippen LogP contribution in [0.3, 0.4) is 0 Å². The summed E-state index contributed by atoms with van der Waals surface area (Å²) in [5, 5.41) is 9.19. The number of isocyanates is 1. The largest absolute Gasteiger partial charge is 0.395 e. The van der Waals surface area contributed by atoms with Gasteiger partial charge in [0, 0.05) is 5.41 Å². The molecule has 1 aromatic rings. The summed E-state index contributed by atoms with van der Waals surface area (Å²) < 4.78 is 0. The maximum Gasteiger partial charge on any atom is 0.235 e. The third kappa shape index (κ3) is 3.01. The van der Waals surface area contributed by atoms with Crippen molar-refractivity contribution in [2.75, 3.05) is 6.61 Å². The number of carbonyl (C=O) groups excluding carboxylic acids is 1. The van der Waals surface area contributed by atoms with E-state index in [1.165, 1.54) is 6.08 Å². The molecule has 0 saturated heterocycles. The Hall–Kier alpha value is -1.44. The Kier molecular flexibility index (Phi) is 3.78. The van der Waals surface area contributed by atoms with Gasteiger partial charge >= 0.3 is 0 Å². The molecule has 0 unspecified atom stereocenters. The molecule has 0 radical (unpaired) electrons. The lowest BCUT2D eigenvalue weighted by Crippen LogP contribution is -2.21. The van der Waals surface area contributed by atoms with E-state index in [-0.39, 0.29) is 12.0 Å². The highest BCUT2D eigenvalue weighted by atomic mass is 16.3. The van der Waals surface area contributed by atoms with E-state index in [9.17, 15) is 9.90 Å². The molecule has 0 aliphatic heterocycles. The number of nitrogens with zero attached hydrogens (tertiary/aromatic N) is 1. The zero-order valence-electron chi connectivity index (χ0n) is 9.03. The molecule has 0 aromatic heterocycles. The van der Waals surface area contributed by atoms with Crippen LogP contribution in [0.5, 0.6) is 0 Å². The van der Waals surface area contributed by atoms with Crippen LogP contribution in [0.2, 0.25) is 0 Å². The summed E-state index contributed by atoms with van der Waals surface area (Å²) >= 11 is 0. The summed E-state index contributed by atoms with van der Waals surface area (Å²) in [4.78, 5) is 13.4. The zero-order valence-corrected chi connectivity index (χ0v) is 9.03. The number of rotatable bonds is 4. The first-order chi connectivity index (χ1) is 7.10. The Morgan fingerprint density at radius 3 is 2.40 bits per heavy atom. The summed E-state index contributed by atoms with van der Waals surface area (Å²) in [5.74, 6) is 0. The molecular weight excluding hydrogens is 190 g/mol. The van der Waals surface area contributed by atoms with Crippen LogP contribution in [-0.4, -0.2) is 17.8 Å². The molecule has 0 aliphatic rings. The van der Waals surface area contributed by atoms with E-state index in [1.54, 1.807) is 0 Å². The van der Waals surface area contributed by atoms with Crippen molar-refractivity contribution in [3.05, 3.63) is 35.4 Å². The summed E-state index contributed by atoms with van der Waals surface area (Å²) in [6.45, 7) is 4.43. The second-order valence-electron chi connectivity index (χ2n) is 4.15. The Morgan fingerprint density at radius 2 is 1.93 bits per heavy atom. The van der Waals surface area contributed by atoms with Gasteiger partial charge in [-0.1, -0.05) is 38.1 Å². The van der Waals surface area contributed by atoms with Crippen molar-refractivity contribution in [2.45, 2.75) is 25.8 Å². The predicted octanol–water partition coefficient (Wildman–Crippen LogP) is 1.79. The second-order valence-corrected chi connectivity index (χ2v) is 4.15. The molecule has 3 heteroatoms. The van der Waals surface area contributed by atoms with Gasteiger partial charge < -0.3 is 5.11 Å². The maximum atomic E-state index is 9.93. The molecule has 0 saturated carbocycles. The van der Waals surface area contributed by atoms with Crippen LogP contribution in [0.25, 0.3) is 0 Å². The van der Waals surface area contributed by atoms with Gasteiger partial charge in [-0.15, -0.1) is 0 Å². The SMILES string of the molecule is CC(C)(CO)c1ccc(CN=C=O)cc1. The first-order valence-electron chi connectivity index (χ1n) is 4.84. The van der Waals surface area contributed by atoms with Crippen LogP contribution in [0.15, 0.2) is 29.3 Å². The quantitative estimate of drug-likeness (QED) is 0.601. The van der Waals surface area contributed by atoms with E-state index in [1.807, 2.05) is 38.1 Å². The maximum absolute atomic E-state index is 9.93. The van der Waals surface area contributed by atoms with Crippen molar-refractivity contribution in [3.8, 4) is 0 Å². The van der Waals surface area contributed by atoms with Gasteiger partial charge in [-0.25, -0.2) is 9.79 Å². The summed E-state index contributed by atoms with van der Waals surface area (Å²) in [5.41, 5.74) is 1.81. The van der Waals surface area contributed by atoms with E-state index in [2.05, 4.69) is 4.99 Å². The van der Waals surface area contributed by atoms with Crippen LogP contribution < -0.4 is 0 Å². The molecule has 0 bridgehead atoms. The third-order valence-electron chi connectivity index (χ3n) is 2.46. The number of aliphatic hydroxyl groups is 1. The Bertz CT molecular complexity index is 362. The highest BCUT2D eigenvalue weighted by Crippen LogP contribution is 2.22. The van der Waals surface area contributed by atoms with Gasteiger partial charge in [-0.05, 0) is 11.1 Å². The summed E-state index contributed by atoms with van der Waals surface area (Å²) in [7, 11) is 0. The summed E-state index contributed by atoms with van der Waals surface area (Å²) in [6.07, 6.45) is 1.51. The van der Waals surface area contributed by atoms with Gasteiger partial charge in [0.15, 0.2) is 0 Å². The fraction of sp³-hybridized carbons (Fsp3) is 0.417. The second kappa shape index (κ2) is 4.87. The average Bonchev–Trinajstić information content (AvgIpc) is 2.27. The Morgan fingerprint density at radius 1 is 1.33 bits per heavy atom. The lowest BCUT2D eigenvalue weighted by Gasteiger charge is -2.22. The molecule has 0 atom stereocenters. The average molecular weight is 205 g/mol. The minimum absolute atomic E-state index is 0.110. The van der Waals surface area contributed by atoms with Gasteiger partial charge in [0.05, 0.1) is 13.2 Å². The van der Waals surface area contributed by atoms with E-state index in [4.69, 9.17) is 0 Å². The third-order valence-corrected chi connectivity index (χ3v) is 2.46. The van der Waals surface area contributed by atoms with Crippen LogP contribution in [0, 0.1) is 0 Å². The highest BCUT2D eigenvalue weighted by molar-refractivity contribution is 5.34. The first kappa shape index (κ1) is 11.6. The van der Waals surface area contributed by atoms with E-state index >= 15 is 0 Å². The highest BCUT2D eigenvalue weighted by Gasteiger charge is 2.18. The van der Waals surface area contributed by atoms with E-state index in [0.29, 0.717) is 6.54 Å². The molecule has 0 aliphatic carbocycles. The van der Waals surface area contributed by atoms with Gasteiger partial charge in [0.2, 0.25) is 6.08 Å². The van der Waals surface area contributed by atoms with Crippen molar-refractivity contribution >= 4 is 6.08 Å². The van der Waals surface area contributed by atoms with Crippen molar-refractivity contribution in [2.24, 2.45) is 4.99 Å². The number of aliphatic imine (C=N–C) groups is 1. The molecule has 3 nitrogen and oxygen atoms in total. The molecule has 0 amide bonds. The van der Waals surface area contributed by atoms with Gasteiger partial charge in [-0.2, -0.15) is 0 Å². The van der Waals surface area contributed by atoms with Crippen LogP contribution >= 0.6 is 0 Å². The molecule has 1 aromatic carbocycles. The van der Waals surface area contributed by atoms with Gasteiger partial charge in [0.1, 0.15) is 0 Å². The monoisotopic (exact) mass is 205 g/mol. The van der Waals surface area contributed by atoms with E-state index < -0.39 is 0 Å². The van der Waals surface area contributed by atoms with Crippen LogP contribution in [0.1, 0.15) is 25.0 Å².